The first kappa shape index (κ1) is 40.0. The van der Waals surface area contributed by atoms with Crippen LogP contribution in [-0.4, -0.2) is 8.07 Å². The van der Waals surface area contributed by atoms with Crippen molar-refractivity contribution in [2.24, 2.45) is 0 Å². The Morgan fingerprint density at radius 2 is 0.672 bits per heavy atom. The van der Waals surface area contributed by atoms with Gasteiger partial charge in [0.15, 0.2) is 13.7 Å². The van der Waals surface area contributed by atoms with Crippen LogP contribution in [0.25, 0.3) is 66.1 Å². The van der Waals surface area contributed by atoms with E-state index in [2.05, 4.69) is 278 Å². The lowest BCUT2D eigenvalue weighted by Crippen LogP contribution is -2.74. The van der Waals surface area contributed by atoms with Crippen molar-refractivity contribution in [2.75, 3.05) is 4.90 Å². The third-order valence-electron chi connectivity index (χ3n) is 13.5. The second kappa shape index (κ2) is 17.1. The lowest BCUT2D eigenvalue weighted by Gasteiger charge is -2.34. The summed E-state index contributed by atoms with van der Waals surface area (Å²) in [6.45, 7) is 0. The monoisotopic (exact) mass is 871 g/mol. The highest BCUT2D eigenvalue weighted by Gasteiger charge is 2.41. The summed E-state index contributed by atoms with van der Waals surface area (Å²) in [6, 6.07) is 99.3. The van der Waals surface area contributed by atoms with Crippen LogP contribution in [0.15, 0.2) is 277 Å². The lowest BCUT2D eigenvalue weighted by molar-refractivity contribution is 0.670. The molecule has 0 aliphatic carbocycles. The van der Waals surface area contributed by atoms with Crippen LogP contribution in [0.2, 0.25) is 0 Å². The largest absolute Gasteiger partial charge is 0.453 e. The fraction of sp³-hybridized carbons (Fsp3) is 0. The Labute approximate surface area is 392 Å². The number of benzene rings is 11. The number of hydrogen-bond acceptors (Lipinski definition) is 2. The predicted molar refractivity (Wildman–Crippen MR) is 286 cm³/mol. The summed E-state index contributed by atoms with van der Waals surface area (Å²) in [7, 11) is -2.64. The number of anilines is 3. The van der Waals surface area contributed by atoms with Gasteiger partial charge in [0.1, 0.15) is 5.58 Å². The number of hydrogen-bond donors (Lipinski definition) is 0. The molecule has 0 amide bonds. The minimum absolute atomic E-state index is 0.849. The molecule has 1 heterocycles. The van der Waals surface area contributed by atoms with Gasteiger partial charge in [-0.2, -0.15) is 0 Å². The van der Waals surface area contributed by atoms with Gasteiger partial charge in [0.2, 0.25) is 0 Å². The number of fused-ring (bicyclic) bond motifs is 4. The molecule has 11 aromatic carbocycles. The molecule has 67 heavy (non-hydrogen) atoms. The van der Waals surface area contributed by atoms with Crippen molar-refractivity contribution < 1.29 is 4.42 Å². The van der Waals surface area contributed by atoms with Crippen molar-refractivity contribution in [1.82, 2.24) is 0 Å². The highest BCUT2D eigenvalue weighted by molar-refractivity contribution is 7.19. The fourth-order valence-electron chi connectivity index (χ4n) is 10.3. The first-order chi connectivity index (χ1) is 33.2. The van der Waals surface area contributed by atoms with Gasteiger partial charge in [0.25, 0.3) is 0 Å². The molecule has 0 atom stereocenters. The van der Waals surface area contributed by atoms with Gasteiger partial charge in [-0.3, -0.25) is 0 Å². The summed E-state index contributed by atoms with van der Waals surface area (Å²) in [5, 5.41) is 10.1. The molecular formula is C64H45NOSi. The van der Waals surface area contributed by atoms with Gasteiger partial charge in [-0.05, 0) is 89.7 Å². The van der Waals surface area contributed by atoms with Crippen molar-refractivity contribution in [3.8, 4) is 33.4 Å². The Bertz CT molecular complexity index is 3540. The van der Waals surface area contributed by atoms with E-state index in [0.29, 0.717) is 0 Å². The molecule has 0 N–H and O–H groups in total. The summed E-state index contributed by atoms with van der Waals surface area (Å²) in [5.74, 6) is 0. The van der Waals surface area contributed by atoms with E-state index in [1.165, 1.54) is 48.2 Å². The third-order valence-corrected chi connectivity index (χ3v) is 18.3. The van der Waals surface area contributed by atoms with E-state index < -0.39 is 8.07 Å². The Balaban J connectivity index is 0.970. The zero-order valence-electron chi connectivity index (χ0n) is 36.8. The van der Waals surface area contributed by atoms with E-state index in [1.54, 1.807) is 0 Å². The van der Waals surface area contributed by atoms with Gasteiger partial charge in [-0.1, -0.05) is 243 Å². The summed E-state index contributed by atoms with van der Waals surface area (Å²) in [5.41, 5.74) is 11.7. The molecule has 1 aromatic heterocycles. The Kier molecular flexibility index (Phi) is 10.2. The minimum atomic E-state index is -2.64. The number of nitrogens with zero attached hydrogens (tertiary/aromatic N) is 1. The van der Waals surface area contributed by atoms with E-state index in [-0.39, 0.29) is 0 Å². The van der Waals surface area contributed by atoms with Crippen LogP contribution in [0.1, 0.15) is 0 Å². The maximum absolute atomic E-state index is 7.02. The highest BCUT2D eigenvalue weighted by atomic mass is 28.3. The maximum atomic E-state index is 7.02. The minimum Gasteiger partial charge on any atom is -0.453 e. The highest BCUT2D eigenvalue weighted by Crippen LogP contribution is 2.45. The first-order valence-corrected chi connectivity index (χ1v) is 25.0. The van der Waals surface area contributed by atoms with E-state index >= 15 is 0 Å². The van der Waals surface area contributed by atoms with Gasteiger partial charge in [-0.25, -0.2) is 0 Å². The van der Waals surface area contributed by atoms with Gasteiger partial charge in [0.05, 0.1) is 5.69 Å². The van der Waals surface area contributed by atoms with Crippen molar-refractivity contribution in [3.05, 3.63) is 273 Å². The number of para-hydroxylation sites is 2. The SMILES string of the molecule is c1ccc(-c2cccc3c2oc2c(N(c4ccc(-c5ccc([Si](c6ccccc6)(c6ccccc6)c6ccccc6)cc5)cc4)c4ccc(-c5cccc6ccccc56)cc4)cccc23)cc1. The molecular weight excluding hydrogens is 827 g/mol. The summed E-state index contributed by atoms with van der Waals surface area (Å²) < 4.78 is 7.02. The Hall–Kier alpha value is -8.50. The van der Waals surface area contributed by atoms with Crippen LogP contribution in [0.3, 0.4) is 0 Å². The summed E-state index contributed by atoms with van der Waals surface area (Å²) in [4.78, 5) is 2.34. The molecule has 2 nitrogen and oxygen atoms in total. The molecule has 0 fully saturated rings. The molecule has 0 aliphatic rings. The van der Waals surface area contributed by atoms with E-state index in [1.807, 2.05) is 0 Å². The van der Waals surface area contributed by atoms with Gasteiger partial charge < -0.3 is 9.32 Å². The predicted octanol–water partition coefficient (Wildman–Crippen LogP) is 14.6. The normalized spacial score (nSPS) is 11.6. The maximum Gasteiger partial charge on any atom is 0.179 e. The van der Waals surface area contributed by atoms with Crippen LogP contribution in [0.4, 0.5) is 17.1 Å². The molecule has 0 saturated carbocycles. The van der Waals surface area contributed by atoms with E-state index in [9.17, 15) is 0 Å². The summed E-state index contributed by atoms with van der Waals surface area (Å²) in [6.07, 6.45) is 0. The Morgan fingerprint density at radius 1 is 0.269 bits per heavy atom. The van der Waals surface area contributed by atoms with Gasteiger partial charge in [-0.15, -0.1) is 0 Å². The van der Waals surface area contributed by atoms with Crippen molar-refractivity contribution in [3.63, 3.8) is 0 Å². The molecule has 0 radical (unpaired) electrons. The van der Waals surface area contributed by atoms with Gasteiger partial charge >= 0.3 is 0 Å². The second-order valence-corrected chi connectivity index (χ2v) is 21.0. The number of rotatable bonds is 10. The zero-order chi connectivity index (χ0) is 44.6. The molecule has 0 spiro atoms. The fourth-order valence-corrected chi connectivity index (χ4v) is 15.0. The van der Waals surface area contributed by atoms with Crippen molar-refractivity contribution in [2.45, 2.75) is 0 Å². The molecule has 0 unspecified atom stereocenters. The van der Waals surface area contributed by atoms with Crippen LogP contribution >= 0.6 is 0 Å². The smallest absolute Gasteiger partial charge is 0.179 e. The molecule has 0 saturated heterocycles. The van der Waals surface area contributed by atoms with E-state index in [0.717, 1.165) is 55.7 Å². The summed E-state index contributed by atoms with van der Waals surface area (Å²) >= 11 is 0. The number of furan rings is 1. The Morgan fingerprint density at radius 3 is 1.27 bits per heavy atom. The van der Waals surface area contributed by atoms with Crippen LogP contribution in [-0.2, 0) is 0 Å². The molecule has 12 aromatic rings. The molecule has 316 valence electrons. The van der Waals surface area contributed by atoms with Crippen LogP contribution in [0.5, 0.6) is 0 Å². The molecule has 3 heteroatoms. The van der Waals surface area contributed by atoms with Crippen molar-refractivity contribution >= 4 is 78.6 Å². The standard InChI is InChI=1S/C64H45NOSi/c1-5-18-49(19-6-1)59-30-16-31-60-61-32-17-33-62(64(61)66-63(59)60)65(52-42-36-50(37-43-52)58-29-15-21-48-20-13-14-28-57(48)58)51-40-34-46(35-41-51)47-38-44-56(45-39-47)67(53-22-7-2-8-23-53,54-24-9-3-10-25-54)55-26-11-4-12-27-55/h1-45H. The molecule has 12 rings (SSSR count). The van der Waals surface area contributed by atoms with E-state index in [4.69, 9.17) is 4.42 Å². The quantitative estimate of drug-likeness (QED) is 0.101. The van der Waals surface area contributed by atoms with Crippen LogP contribution in [0, 0.1) is 0 Å². The topological polar surface area (TPSA) is 16.4 Å². The van der Waals surface area contributed by atoms with Crippen LogP contribution < -0.4 is 25.6 Å². The van der Waals surface area contributed by atoms with Crippen molar-refractivity contribution in [1.29, 1.82) is 0 Å². The average molecular weight is 872 g/mol. The third kappa shape index (κ3) is 7.05. The average Bonchev–Trinajstić information content (AvgIpc) is 3.81. The zero-order valence-corrected chi connectivity index (χ0v) is 37.8. The van der Waals surface area contributed by atoms with Gasteiger partial charge in [0, 0.05) is 27.7 Å². The first-order valence-electron chi connectivity index (χ1n) is 23.0. The molecule has 0 bridgehead atoms. The lowest BCUT2D eigenvalue weighted by atomic mass is 9.98. The second-order valence-electron chi connectivity index (χ2n) is 17.2. The molecule has 0 aliphatic heterocycles.